The Labute approximate surface area is 127 Å². The van der Waals surface area contributed by atoms with Crippen LogP contribution in [-0.2, 0) is 0 Å². The number of halogens is 1. The van der Waals surface area contributed by atoms with Crippen LogP contribution in [0.3, 0.4) is 0 Å². The lowest BCUT2D eigenvalue weighted by molar-refractivity contribution is -0.384. The van der Waals surface area contributed by atoms with E-state index in [1.807, 2.05) is 6.07 Å². The Kier molecular flexibility index (Phi) is 3.31. The quantitative estimate of drug-likeness (QED) is 0.442. The first-order valence-electron chi connectivity index (χ1n) is 6.12. The van der Waals surface area contributed by atoms with E-state index in [2.05, 4.69) is 20.9 Å². The van der Waals surface area contributed by atoms with Crippen LogP contribution in [0.4, 0.5) is 5.69 Å². The number of ketones is 1. The van der Waals surface area contributed by atoms with E-state index < -0.39 is 4.92 Å². The van der Waals surface area contributed by atoms with E-state index in [9.17, 15) is 14.9 Å². The van der Waals surface area contributed by atoms with Crippen molar-refractivity contribution in [2.45, 2.75) is 0 Å². The van der Waals surface area contributed by atoms with E-state index in [0.29, 0.717) is 26.5 Å². The molecule has 1 heterocycles. The van der Waals surface area contributed by atoms with Gasteiger partial charge in [-0.2, -0.15) is 0 Å². The summed E-state index contributed by atoms with van der Waals surface area (Å²) in [6, 6.07) is 11.6. The maximum atomic E-state index is 12.6. The van der Waals surface area contributed by atoms with Gasteiger partial charge in [0.2, 0.25) is 0 Å². The molecule has 0 unspecified atom stereocenters. The van der Waals surface area contributed by atoms with Crippen molar-refractivity contribution in [3.8, 4) is 0 Å². The molecule has 0 bridgehead atoms. The van der Waals surface area contributed by atoms with Crippen molar-refractivity contribution in [1.82, 2.24) is 4.98 Å². The van der Waals surface area contributed by atoms with Crippen molar-refractivity contribution in [2.75, 3.05) is 0 Å². The van der Waals surface area contributed by atoms with Crippen LogP contribution in [0.5, 0.6) is 0 Å². The van der Waals surface area contributed by atoms with Gasteiger partial charge in [0.05, 0.1) is 10.4 Å². The molecule has 0 atom stereocenters. The molecule has 5 nitrogen and oxygen atoms in total. The highest BCUT2D eigenvalue weighted by Crippen LogP contribution is 2.27. The van der Waals surface area contributed by atoms with Gasteiger partial charge in [-0.1, -0.05) is 28.1 Å². The summed E-state index contributed by atoms with van der Waals surface area (Å²) in [5.41, 5.74) is 1.60. The number of hydrogen-bond donors (Lipinski definition) is 1. The fourth-order valence-electron chi connectivity index (χ4n) is 2.21. The largest absolute Gasteiger partial charge is 0.360 e. The second-order valence-electron chi connectivity index (χ2n) is 4.50. The highest BCUT2D eigenvalue weighted by Gasteiger charge is 2.17. The van der Waals surface area contributed by atoms with Crippen molar-refractivity contribution in [3.05, 3.63) is 74.4 Å². The number of carbonyl (C=O) groups excluding carboxylic acids is 1. The van der Waals surface area contributed by atoms with Crippen molar-refractivity contribution >= 4 is 38.3 Å². The molecule has 104 valence electrons. The number of nitro benzene ring substituents is 1. The molecule has 3 rings (SSSR count). The minimum atomic E-state index is -0.463. The Morgan fingerprint density at radius 1 is 1.14 bits per heavy atom. The predicted octanol–water partition coefficient (Wildman–Crippen LogP) is 4.07. The summed E-state index contributed by atoms with van der Waals surface area (Å²) < 4.78 is 0.714. The number of nitrogens with zero attached hydrogens (tertiary/aromatic N) is 1. The topological polar surface area (TPSA) is 76.0 Å². The van der Waals surface area contributed by atoms with Gasteiger partial charge in [-0.15, -0.1) is 0 Å². The van der Waals surface area contributed by atoms with Gasteiger partial charge in [0.25, 0.3) is 5.69 Å². The standard InChI is InChI=1S/C15H9BrN2O3/c16-13-4-2-1-3-11(13)15(19)12-8-17-14-7-9(18(20)21)5-6-10(12)14/h1-8,17H. The lowest BCUT2D eigenvalue weighted by Gasteiger charge is -2.02. The van der Waals surface area contributed by atoms with Crippen LogP contribution in [0.15, 0.2) is 53.1 Å². The molecule has 1 N–H and O–H groups in total. The Bertz CT molecular complexity index is 870. The molecular weight excluding hydrogens is 336 g/mol. The monoisotopic (exact) mass is 344 g/mol. The maximum Gasteiger partial charge on any atom is 0.271 e. The lowest BCUT2D eigenvalue weighted by Crippen LogP contribution is -2.01. The number of nitro groups is 1. The second kappa shape index (κ2) is 5.14. The van der Waals surface area contributed by atoms with Crippen LogP contribution in [0.2, 0.25) is 0 Å². The Balaban J connectivity index is 2.11. The third-order valence-corrected chi connectivity index (χ3v) is 3.93. The number of non-ortho nitro benzene ring substituents is 1. The first kappa shape index (κ1) is 13.5. The van der Waals surface area contributed by atoms with Crippen LogP contribution in [-0.4, -0.2) is 15.7 Å². The molecule has 0 aliphatic rings. The van der Waals surface area contributed by atoms with Gasteiger partial charge >= 0.3 is 0 Å². The maximum absolute atomic E-state index is 12.6. The third kappa shape index (κ3) is 2.34. The second-order valence-corrected chi connectivity index (χ2v) is 5.35. The number of H-pyrrole nitrogens is 1. The Morgan fingerprint density at radius 3 is 2.62 bits per heavy atom. The Morgan fingerprint density at radius 2 is 1.90 bits per heavy atom. The van der Waals surface area contributed by atoms with Crippen molar-refractivity contribution in [1.29, 1.82) is 0 Å². The molecule has 0 aliphatic carbocycles. The number of hydrogen-bond acceptors (Lipinski definition) is 3. The number of aromatic nitrogens is 1. The van der Waals surface area contributed by atoms with Gasteiger partial charge < -0.3 is 4.98 Å². The molecule has 21 heavy (non-hydrogen) atoms. The molecule has 0 saturated carbocycles. The van der Waals surface area contributed by atoms with Gasteiger partial charge in [-0.05, 0) is 18.2 Å². The molecule has 0 spiro atoms. The predicted molar refractivity (Wildman–Crippen MR) is 82.5 cm³/mol. The summed E-state index contributed by atoms with van der Waals surface area (Å²) in [5, 5.41) is 11.4. The van der Waals surface area contributed by atoms with Gasteiger partial charge in [-0.3, -0.25) is 14.9 Å². The average molecular weight is 345 g/mol. The highest BCUT2D eigenvalue weighted by molar-refractivity contribution is 9.10. The third-order valence-electron chi connectivity index (χ3n) is 3.24. The van der Waals surface area contributed by atoms with Gasteiger partial charge in [0.1, 0.15) is 0 Å². The van der Waals surface area contributed by atoms with Gasteiger partial charge in [0, 0.05) is 39.3 Å². The summed E-state index contributed by atoms with van der Waals surface area (Å²) in [6.07, 6.45) is 1.58. The first-order valence-corrected chi connectivity index (χ1v) is 6.92. The molecule has 6 heteroatoms. The van der Waals surface area contributed by atoms with Gasteiger partial charge in [-0.25, -0.2) is 0 Å². The number of carbonyl (C=O) groups is 1. The smallest absolute Gasteiger partial charge is 0.271 e. The van der Waals surface area contributed by atoms with Crippen LogP contribution in [0.1, 0.15) is 15.9 Å². The number of aromatic amines is 1. The molecule has 0 aliphatic heterocycles. The number of benzene rings is 2. The zero-order chi connectivity index (χ0) is 15.0. The number of fused-ring (bicyclic) bond motifs is 1. The highest BCUT2D eigenvalue weighted by atomic mass is 79.9. The normalized spacial score (nSPS) is 10.7. The summed E-state index contributed by atoms with van der Waals surface area (Å²) in [6.45, 7) is 0. The number of nitrogens with one attached hydrogen (secondary N) is 1. The molecule has 0 fully saturated rings. The van der Waals surface area contributed by atoms with Gasteiger partial charge in [0.15, 0.2) is 5.78 Å². The van der Waals surface area contributed by atoms with Crippen molar-refractivity contribution in [2.24, 2.45) is 0 Å². The molecule has 3 aromatic rings. The van der Waals surface area contributed by atoms with Crippen LogP contribution < -0.4 is 0 Å². The summed E-state index contributed by atoms with van der Waals surface area (Å²) in [4.78, 5) is 25.8. The summed E-state index contributed by atoms with van der Waals surface area (Å²) >= 11 is 3.36. The average Bonchev–Trinajstić information content (AvgIpc) is 2.90. The zero-order valence-electron chi connectivity index (χ0n) is 10.7. The fourth-order valence-corrected chi connectivity index (χ4v) is 2.67. The van der Waals surface area contributed by atoms with Crippen LogP contribution in [0.25, 0.3) is 10.9 Å². The van der Waals surface area contributed by atoms with E-state index in [1.54, 1.807) is 30.5 Å². The zero-order valence-corrected chi connectivity index (χ0v) is 12.3. The Hall–Kier alpha value is -2.47. The van der Waals surface area contributed by atoms with Crippen molar-refractivity contribution < 1.29 is 9.72 Å². The van der Waals surface area contributed by atoms with E-state index in [0.717, 1.165) is 0 Å². The minimum Gasteiger partial charge on any atom is -0.360 e. The van der Waals surface area contributed by atoms with Crippen LogP contribution >= 0.6 is 15.9 Å². The fraction of sp³-hybridized carbons (Fsp3) is 0. The minimum absolute atomic E-state index is 0.00996. The first-order chi connectivity index (χ1) is 10.1. The molecule has 0 saturated heterocycles. The molecule has 0 amide bonds. The molecule has 2 aromatic carbocycles. The summed E-state index contributed by atoms with van der Waals surface area (Å²) in [7, 11) is 0. The van der Waals surface area contributed by atoms with E-state index in [-0.39, 0.29) is 11.5 Å². The van der Waals surface area contributed by atoms with Crippen molar-refractivity contribution in [3.63, 3.8) is 0 Å². The van der Waals surface area contributed by atoms with Crippen LogP contribution in [0, 0.1) is 10.1 Å². The SMILES string of the molecule is O=C(c1ccccc1Br)c1c[nH]c2cc([N+](=O)[O-])ccc12. The van der Waals surface area contributed by atoms with E-state index in [4.69, 9.17) is 0 Å². The lowest BCUT2D eigenvalue weighted by atomic mass is 10.0. The van der Waals surface area contributed by atoms with E-state index in [1.165, 1.54) is 12.1 Å². The van der Waals surface area contributed by atoms with E-state index >= 15 is 0 Å². The molecular formula is C15H9BrN2O3. The molecule has 1 aromatic heterocycles. The summed E-state index contributed by atoms with van der Waals surface area (Å²) in [5.74, 6) is -0.137. The molecule has 0 radical (unpaired) electrons. The number of rotatable bonds is 3.